The van der Waals surface area contributed by atoms with Gasteiger partial charge in [-0.1, -0.05) is 6.07 Å². The molecule has 2 amide bonds. The average Bonchev–Trinajstić information content (AvgIpc) is 2.45. The van der Waals surface area contributed by atoms with Crippen molar-refractivity contribution in [2.45, 2.75) is 6.36 Å². The van der Waals surface area contributed by atoms with Gasteiger partial charge in [-0.3, -0.25) is 10.9 Å². The van der Waals surface area contributed by atoms with Gasteiger partial charge in [0, 0.05) is 5.69 Å². The summed E-state index contributed by atoms with van der Waals surface area (Å²) >= 11 is 0. The summed E-state index contributed by atoms with van der Waals surface area (Å²) in [6, 6.07) is 9.33. The zero-order valence-corrected chi connectivity index (χ0v) is 11.4. The maximum Gasteiger partial charge on any atom is 0.573 e. The minimum absolute atomic E-state index is 0.248. The Morgan fingerprint density at radius 2 is 1.70 bits per heavy atom. The molecule has 0 aliphatic carbocycles. The van der Waals surface area contributed by atoms with Crippen LogP contribution in [0.3, 0.4) is 0 Å². The standard InChI is InChI=1S/C14H11F4N3O2/c15-9-2-1-3-11(8-9)19-13(22)21-20-10-4-6-12(7-5-10)23-14(16,17)18/h1-8,20H,(H2,19,21,22). The summed E-state index contributed by atoms with van der Waals surface area (Å²) in [6.45, 7) is 0. The topological polar surface area (TPSA) is 62.4 Å². The minimum atomic E-state index is -4.77. The minimum Gasteiger partial charge on any atom is -0.406 e. The van der Waals surface area contributed by atoms with Gasteiger partial charge >= 0.3 is 12.4 Å². The van der Waals surface area contributed by atoms with E-state index in [0.717, 1.165) is 18.2 Å². The molecule has 0 saturated heterocycles. The van der Waals surface area contributed by atoms with Crippen molar-refractivity contribution in [1.82, 2.24) is 5.43 Å². The lowest BCUT2D eigenvalue weighted by Gasteiger charge is -2.11. The second-order valence-electron chi connectivity index (χ2n) is 4.29. The first-order valence-electron chi connectivity index (χ1n) is 6.26. The van der Waals surface area contributed by atoms with E-state index in [0.29, 0.717) is 5.69 Å². The van der Waals surface area contributed by atoms with Crippen LogP contribution in [-0.2, 0) is 0 Å². The molecule has 0 radical (unpaired) electrons. The first-order valence-corrected chi connectivity index (χ1v) is 6.26. The van der Waals surface area contributed by atoms with Crippen LogP contribution in [0.5, 0.6) is 5.75 Å². The summed E-state index contributed by atoms with van der Waals surface area (Å²) in [6.07, 6.45) is -4.77. The van der Waals surface area contributed by atoms with Crippen molar-refractivity contribution in [2.75, 3.05) is 10.7 Å². The number of ether oxygens (including phenoxy) is 1. The smallest absolute Gasteiger partial charge is 0.406 e. The first-order chi connectivity index (χ1) is 10.8. The maximum atomic E-state index is 12.9. The molecule has 122 valence electrons. The Balaban J connectivity index is 1.84. The summed E-state index contributed by atoms with van der Waals surface area (Å²) in [5, 5.41) is 2.37. The van der Waals surface area contributed by atoms with E-state index in [1.54, 1.807) is 0 Å². The summed E-state index contributed by atoms with van der Waals surface area (Å²) < 4.78 is 52.7. The summed E-state index contributed by atoms with van der Waals surface area (Å²) in [7, 11) is 0. The monoisotopic (exact) mass is 329 g/mol. The predicted octanol–water partition coefficient (Wildman–Crippen LogP) is 3.87. The van der Waals surface area contributed by atoms with Crippen molar-refractivity contribution in [3.63, 3.8) is 0 Å². The van der Waals surface area contributed by atoms with E-state index >= 15 is 0 Å². The van der Waals surface area contributed by atoms with Crippen molar-refractivity contribution in [2.24, 2.45) is 0 Å². The molecule has 2 aromatic carbocycles. The fraction of sp³-hybridized carbons (Fsp3) is 0.0714. The van der Waals surface area contributed by atoms with Gasteiger partial charge in [0.1, 0.15) is 11.6 Å². The molecule has 0 aromatic heterocycles. The molecule has 3 N–H and O–H groups in total. The predicted molar refractivity (Wildman–Crippen MR) is 75.3 cm³/mol. The molecular formula is C14H11F4N3O2. The fourth-order valence-electron chi connectivity index (χ4n) is 1.60. The average molecular weight is 329 g/mol. The zero-order valence-electron chi connectivity index (χ0n) is 11.4. The molecule has 0 aliphatic heterocycles. The van der Waals surface area contributed by atoms with Gasteiger partial charge in [-0.25, -0.2) is 9.18 Å². The molecule has 5 nitrogen and oxygen atoms in total. The highest BCUT2D eigenvalue weighted by atomic mass is 19.4. The molecule has 0 aliphatic rings. The van der Waals surface area contributed by atoms with Crippen LogP contribution < -0.4 is 20.9 Å². The van der Waals surface area contributed by atoms with Gasteiger partial charge in [0.25, 0.3) is 0 Å². The summed E-state index contributed by atoms with van der Waals surface area (Å²) in [5.41, 5.74) is 5.30. The van der Waals surface area contributed by atoms with Gasteiger partial charge in [-0.2, -0.15) is 0 Å². The second-order valence-corrected chi connectivity index (χ2v) is 4.29. The molecule has 23 heavy (non-hydrogen) atoms. The van der Waals surface area contributed by atoms with Gasteiger partial charge < -0.3 is 10.1 Å². The Bertz CT molecular complexity index is 674. The molecule has 2 rings (SSSR count). The molecule has 2 aromatic rings. The number of halogens is 4. The number of benzene rings is 2. The van der Waals surface area contributed by atoms with Crippen molar-refractivity contribution in [3.05, 3.63) is 54.3 Å². The summed E-state index contributed by atoms with van der Waals surface area (Å²) in [5.74, 6) is -0.886. The van der Waals surface area contributed by atoms with Crippen molar-refractivity contribution >= 4 is 17.4 Å². The Morgan fingerprint density at radius 3 is 2.30 bits per heavy atom. The lowest BCUT2D eigenvalue weighted by Crippen LogP contribution is -2.33. The van der Waals surface area contributed by atoms with Crippen LogP contribution in [0.1, 0.15) is 0 Å². The van der Waals surface area contributed by atoms with E-state index in [1.165, 1.54) is 30.3 Å². The largest absolute Gasteiger partial charge is 0.573 e. The van der Waals surface area contributed by atoms with Gasteiger partial charge in [0.2, 0.25) is 0 Å². The number of carbonyl (C=O) groups excluding carboxylic acids is 1. The van der Waals surface area contributed by atoms with Crippen molar-refractivity contribution < 1.29 is 27.1 Å². The third-order valence-corrected chi connectivity index (χ3v) is 2.49. The Labute approximate surface area is 128 Å². The molecule has 9 heteroatoms. The zero-order chi connectivity index (χ0) is 16.9. The number of anilines is 2. The van der Waals surface area contributed by atoms with E-state index in [9.17, 15) is 22.4 Å². The lowest BCUT2D eigenvalue weighted by molar-refractivity contribution is -0.274. The second kappa shape index (κ2) is 6.86. The summed E-state index contributed by atoms with van der Waals surface area (Å²) in [4.78, 5) is 11.6. The molecule has 0 heterocycles. The number of hydrazine groups is 1. The highest BCUT2D eigenvalue weighted by Crippen LogP contribution is 2.23. The molecule has 0 spiro atoms. The van der Waals surface area contributed by atoms with Gasteiger partial charge in [-0.15, -0.1) is 13.2 Å². The molecule has 0 atom stereocenters. The molecular weight excluding hydrogens is 318 g/mol. The maximum absolute atomic E-state index is 12.9. The Hall–Kier alpha value is -2.97. The van der Waals surface area contributed by atoms with Crippen LogP contribution in [0.2, 0.25) is 0 Å². The van der Waals surface area contributed by atoms with E-state index in [-0.39, 0.29) is 11.4 Å². The Kier molecular flexibility index (Phi) is 4.89. The number of nitrogens with one attached hydrogen (secondary N) is 3. The third-order valence-electron chi connectivity index (χ3n) is 2.49. The van der Waals surface area contributed by atoms with Crippen LogP contribution in [0, 0.1) is 5.82 Å². The van der Waals surface area contributed by atoms with Crippen LogP contribution in [0.25, 0.3) is 0 Å². The van der Waals surface area contributed by atoms with E-state index in [2.05, 4.69) is 20.9 Å². The van der Waals surface area contributed by atoms with Gasteiger partial charge in [-0.05, 0) is 42.5 Å². The SMILES string of the molecule is O=C(NNc1ccc(OC(F)(F)F)cc1)Nc1cccc(F)c1. The van der Waals surface area contributed by atoms with Crippen LogP contribution >= 0.6 is 0 Å². The first kappa shape index (κ1) is 16.4. The fourth-order valence-corrected chi connectivity index (χ4v) is 1.60. The van der Waals surface area contributed by atoms with Crippen molar-refractivity contribution in [3.8, 4) is 5.75 Å². The Morgan fingerprint density at radius 1 is 1.00 bits per heavy atom. The number of amides is 2. The van der Waals surface area contributed by atoms with Gasteiger partial charge in [0.05, 0.1) is 5.69 Å². The molecule has 0 saturated carbocycles. The normalized spacial score (nSPS) is 10.8. The van der Waals surface area contributed by atoms with Crippen LogP contribution in [0.4, 0.5) is 33.7 Å². The van der Waals surface area contributed by atoms with Crippen LogP contribution in [0.15, 0.2) is 48.5 Å². The van der Waals surface area contributed by atoms with Crippen molar-refractivity contribution in [1.29, 1.82) is 0 Å². The third kappa shape index (κ3) is 5.73. The van der Waals surface area contributed by atoms with E-state index in [4.69, 9.17) is 0 Å². The molecule has 0 bridgehead atoms. The number of carbonyl (C=O) groups is 1. The number of rotatable bonds is 4. The molecule has 0 fully saturated rings. The van der Waals surface area contributed by atoms with E-state index < -0.39 is 18.2 Å². The number of hydrogen-bond donors (Lipinski definition) is 3. The quantitative estimate of drug-likeness (QED) is 0.589. The highest BCUT2D eigenvalue weighted by Gasteiger charge is 2.30. The van der Waals surface area contributed by atoms with Crippen LogP contribution in [-0.4, -0.2) is 12.4 Å². The highest BCUT2D eigenvalue weighted by molar-refractivity contribution is 5.89. The molecule has 0 unspecified atom stereocenters. The number of urea groups is 1. The van der Waals surface area contributed by atoms with E-state index in [1.807, 2.05) is 0 Å². The van der Waals surface area contributed by atoms with Gasteiger partial charge in [0.15, 0.2) is 0 Å². The number of alkyl halides is 3. The number of hydrogen-bond acceptors (Lipinski definition) is 3. The lowest BCUT2D eigenvalue weighted by atomic mass is 10.3.